The van der Waals surface area contributed by atoms with Gasteiger partial charge in [-0.1, -0.05) is 6.92 Å². The van der Waals surface area contributed by atoms with Crippen LogP contribution in [0.4, 0.5) is 0 Å². The van der Waals surface area contributed by atoms with E-state index in [9.17, 15) is 0 Å². The molecular weight excluding hydrogens is 136 g/mol. The maximum atomic E-state index is 8.58. The van der Waals surface area contributed by atoms with Gasteiger partial charge in [0.05, 0.1) is 5.94 Å². The van der Waals surface area contributed by atoms with Crippen LogP contribution in [0.3, 0.4) is 0 Å². The first kappa shape index (κ1) is 9.27. The maximum absolute atomic E-state index is 8.58. The topological polar surface area (TPSA) is 29.5 Å². The largest absolute Gasteiger partial charge is 0.396 e. The predicted octanol–water partition coefficient (Wildman–Crippen LogP) is 0.952. The summed E-state index contributed by atoms with van der Waals surface area (Å²) in [6.07, 6.45) is 0. The third-order valence-electron chi connectivity index (χ3n) is 0.915. The van der Waals surface area contributed by atoms with Crippen molar-refractivity contribution < 1.29 is 9.84 Å². The molecule has 0 rings (SSSR count). The number of rotatable bonds is 5. The minimum absolute atomic E-state index is 0.275. The summed E-state index contributed by atoms with van der Waals surface area (Å²) in [5.74, 6) is 2.10. The Morgan fingerprint density at radius 1 is 1.67 bits per heavy atom. The van der Waals surface area contributed by atoms with Crippen LogP contribution in [0.5, 0.6) is 0 Å². The Kier molecular flexibility index (Phi) is 6.58. The van der Waals surface area contributed by atoms with Crippen LogP contribution in [0.2, 0.25) is 0 Å². The molecule has 0 aliphatic rings. The molecule has 3 heteroatoms. The molecule has 9 heavy (non-hydrogen) atoms. The Bertz CT molecular complexity index is 59.0. The molecule has 0 spiro atoms. The van der Waals surface area contributed by atoms with Crippen molar-refractivity contribution >= 4 is 11.8 Å². The summed E-state index contributed by atoms with van der Waals surface area (Å²) in [5.41, 5.74) is 0. The first-order valence-corrected chi connectivity index (χ1v) is 4.14. The highest BCUT2D eigenvalue weighted by Crippen LogP contribution is 2.06. The molecule has 56 valence electrons. The number of aliphatic hydroxyl groups excluding tert-OH is 1. The summed E-state index contributed by atoms with van der Waals surface area (Å²) in [6, 6.07) is 0. The minimum atomic E-state index is 0.275. The maximum Gasteiger partial charge on any atom is 0.0917 e. The van der Waals surface area contributed by atoms with E-state index >= 15 is 0 Å². The van der Waals surface area contributed by atoms with Crippen molar-refractivity contribution in [1.29, 1.82) is 0 Å². The summed E-state index contributed by atoms with van der Waals surface area (Å²) in [4.78, 5) is 0. The quantitative estimate of drug-likeness (QED) is 0.467. The van der Waals surface area contributed by atoms with Crippen LogP contribution in [-0.4, -0.2) is 30.5 Å². The van der Waals surface area contributed by atoms with Crippen molar-refractivity contribution in [2.45, 2.75) is 6.92 Å². The lowest BCUT2D eigenvalue weighted by Crippen LogP contribution is -2.03. The van der Waals surface area contributed by atoms with Gasteiger partial charge in [0.2, 0.25) is 0 Å². The van der Waals surface area contributed by atoms with E-state index < -0.39 is 0 Å². The molecule has 0 aromatic heterocycles. The minimum Gasteiger partial charge on any atom is -0.396 e. The van der Waals surface area contributed by atoms with Crippen LogP contribution in [0.1, 0.15) is 6.92 Å². The second-order valence-corrected chi connectivity index (χ2v) is 3.04. The van der Waals surface area contributed by atoms with E-state index in [1.807, 2.05) is 6.92 Å². The standard InChI is InChI=1S/C6H14O2S/c1-6(3-7)4-9-5-8-2/h6-7H,3-5H2,1-2H3. The zero-order valence-corrected chi connectivity index (χ0v) is 6.78. The molecule has 1 unspecified atom stereocenters. The molecule has 1 atom stereocenters. The molecule has 0 fully saturated rings. The highest BCUT2D eigenvalue weighted by molar-refractivity contribution is 7.99. The van der Waals surface area contributed by atoms with E-state index in [0.29, 0.717) is 5.92 Å². The van der Waals surface area contributed by atoms with Crippen LogP contribution in [0.15, 0.2) is 0 Å². The van der Waals surface area contributed by atoms with Crippen molar-refractivity contribution in [3.63, 3.8) is 0 Å². The van der Waals surface area contributed by atoms with Crippen LogP contribution >= 0.6 is 11.8 Å². The van der Waals surface area contributed by atoms with E-state index in [2.05, 4.69) is 0 Å². The van der Waals surface area contributed by atoms with Crippen LogP contribution < -0.4 is 0 Å². The van der Waals surface area contributed by atoms with Crippen LogP contribution in [0, 0.1) is 5.92 Å². The smallest absolute Gasteiger partial charge is 0.0917 e. The van der Waals surface area contributed by atoms with Gasteiger partial charge in [-0.15, -0.1) is 11.8 Å². The van der Waals surface area contributed by atoms with Gasteiger partial charge in [0, 0.05) is 19.5 Å². The van der Waals surface area contributed by atoms with E-state index in [1.54, 1.807) is 18.9 Å². The molecule has 0 aliphatic heterocycles. The fourth-order valence-electron chi connectivity index (χ4n) is 0.385. The molecule has 1 N–H and O–H groups in total. The van der Waals surface area contributed by atoms with Gasteiger partial charge in [-0.25, -0.2) is 0 Å². The average Bonchev–Trinajstić information content (AvgIpc) is 1.89. The molecule has 0 aliphatic carbocycles. The SMILES string of the molecule is COCSCC(C)CO. The Morgan fingerprint density at radius 3 is 2.78 bits per heavy atom. The summed E-state index contributed by atoms with van der Waals surface area (Å²) in [5, 5.41) is 8.58. The van der Waals surface area contributed by atoms with Crippen molar-refractivity contribution in [2.75, 3.05) is 25.4 Å². The molecule has 0 saturated heterocycles. The molecule has 0 bridgehead atoms. The number of methoxy groups -OCH3 is 1. The normalized spacial score (nSPS) is 13.7. The second-order valence-electron chi connectivity index (χ2n) is 2.07. The lowest BCUT2D eigenvalue weighted by molar-refractivity contribution is 0.246. The zero-order valence-electron chi connectivity index (χ0n) is 5.96. The first-order valence-electron chi connectivity index (χ1n) is 2.98. The Labute approximate surface area is 60.6 Å². The number of hydrogen-bond acceptors (Lipinski definition) is 3. The Balaban J connectivity index is 2.88. The number of aliphatic hydroxyl groups is 1. The predicted molar refractivity (Wildman–Crippen MR) is 40.6 cm³/mol. The van der Waals surface area contributed by atoms with Gasteiger partial charge in [-0.3, -0.25) is 0 Å². The van der Waals surface area contributed by atoms with E-state index in [-0.39, 0.29) is 6.61 Å². The number of ether oxygens (including phenoxy) is 1. The Hall–Kier alpha value is 0.270. The van der Waals surface area contributed by atoms with Gasteiger partial charge in [0.15, 0.2) is 0 Å². The fraction of sp³-hybridized carbons (Fsp3) is 1.00. The van der Waals surface area contributed by atoms with Gasteiger partial charge >= 0.3 is 0 Å². The number of thioether (sulfide) groups is 1. The van der Waals surface area contributed by atoms with Gasteiger partial charge < -0.3 is 9.84 Å². The highest BCUT2D eigenvalue weighted by Gasteiger charge is 1.97. The molecule has 0 amide bonds. The summed E-state index contributed by atoms with van der Waals surface area (Å²) in [6.45, 7) is 2.29. The fourth-order valence-corrected chi connectivity index (χ4v) is 1.16. The average molecular weight is 150 g/mol. The molecule has 0 heterocycles. The van der Waals surface area contributed by atoms with Gasteiger partial charge in [0.25, 0.3) is 0 Å². The molecular formula is C6H14O2S. The third kappa shape index (κ3) is 6.15. The first-order chi connectivity index (χ1) is 4.31. The third-order valence-corrected chi connectivity index (χ3v) is 2.12. The van der Waals surface area contributed by atoms with Crippen molar-refractivity contribution in [1.82, 2.24) is 0 Å². The van der Waals surface area contributed by atoms with Gasteiger partial charge in [0.1, 0.15) is 0 Å². The van der Waals surface area contributed by atoms with E-state index in [0.717, 1.165) is 11.7 Å². The van der Waals surface area contributed by atoms with Crippen molar-refractivity contribution in [3.05, 3.63) is 0 Å². The molecule has 0 aromatic rings. The molecule has 0 saturated carbocycles. The van der Waals surface area contributed by atoms with E-state index in [4.69, 9.17) is 9.84 Å². The lowest BCUT2D eigenvalue weighted by atomic mass is 10.2. The van der Waals surface area contributed by atoms with Gasteiger partial charge in [-0.2, -0.15) is 0 Å². The van der Waals surface area contributed by atoms with Crippen LogP contribution in [0.25, 0.3) is 0 Å². The lowest BCUT2D eigenvalue weighted by Gasteiger charge is -2.04. The summed E-state index contributed by atoms with van der Waals surface area (Å²) < 4.78 is 4.82. The monoisotopic (exact) mass is 150 g/mol. The zero-order chi connectivity index (χ0) is 7.11. The summed E-state index contributed by atoms with van der Waals surface area (Å²) >= 11 is 1.70. The second kappa shape index (κ2) is 6.39. The van der Waals surface area contributed by atoms with Crippen LogP contribution in [-0.2, 0) is 4.74 Å². The number of hydrogen-bond donors (Lipinski definition) is 1. The van der Waals surface area contributed by atoms with E-state index in [1.165, 1.54) is 0 Å². The molecule has 0 aromatic carbocycles. The van der Waals surface area contributed by atoms with Crippen molar-refractivity contribution in [2.24, 2.45) is 5.92 Å². The van der Waals surface area contributed by atoms with Gasteiger partial charge in [-0.05, 0) is 5.92 Å². The molecule has 2 nitrogen and oxygen atoms in total. The highest BCUT2D eigenvalue weighted by atomic mass is 32.2. The van der Waals surface area contributed by atoms with Crippen molar-refractivity contribution in [3.8, 4) is 0 Å². The summed E-state index contributed by atoms with van der Waals surface area (Å²) in [7, 11) is 1.68. The Morgan fingerprint density at radius 2 is 2.33 bits per heavy atom. The molecule has 0 radical (unpaired) electrons.